The number of aliphatic hydroxyl groups is 1. The number of hydrogen-bond donors (Lipinski definition) is 1. The fourth-order valence-corrected chi connectivity index (χ4v) is 0.657. The second-order valence-corrected chi connectivity index (χ2v) is 1.96. The van der Waals surface area contributed by atoms with E-state index in [-0.39, 0.29) is 6.10 Å². The summed E-state index contributed by atoms with van der Waals surface area (Å²) in [7, 11) is 0. The van der Waals surface area contributed by atoms with Gasteiger partial charge in [0, 0.05) is 0 Å². The SMILES string of the molecule is C[C@@H]1OCC=C[C@@H]1O. The minimum Gasteiger partial charge on any atom is -0.386 e. The standard InChI is InChI=1S/C6H10O2/c1-5-6(7)3-2-4-8-5/h2-3,5-7H,4H2,1H3/t5-,6-/m0/s1. The van der Waals surface area contributed by atoms with Gasteiger partial charge in [-0.05, 0) is 6.92 Å². The van der Waals surface area contributed by atoms with Gasteiger partial charge in [-0.3, -0.25) is 0 Å². The maximum atomic E-state index is 8.97. The summed E-state index contributed by atoms with van der Waals surface area (Å²) < 4.78 is 5.05. The monoisotopic (exact) mass is 114 g/mol. The highest BCUT2D eigenvalue weighted by atomic mass is 16.5. The zero-order valence-corrected chi connectivity index (χ0v) is 4.87. The third-order valence-corrected chi connectivity index (χ3v) is 1.27. The summed E-state index contributed by atoms with van der Waals surface area (Å²) in [6.45, 7) is 2.49. The predicted octanol–water partition coefficient (Wildman–Crippen LogP) is 0.322. The molecule has 1 N–H and O–H groups in total. The van der Waals surface area contributed by atoms with E-state index >= 15 is 0 Å². The molecule has 1 heterocycles. The average molecular weight is 114 g/mol. The quantitative estimate of drug-likeness (QED) is 0.460. The van der Waals surface area contributed by atoms with Crippen molar-refractivity contribution in [2.45, 2.75) is 19.1 Å². The van der Waals surface area contributed by atoms with Crippen LogP contribution in [-0.2, 0) is 4.74 Å². The molecule has 0 bridgehead atoms. The molecular weight excluding hydrogens is 104 g/mol. The normalized spacial score (nSPS) is 37.8. The van der Waals surface area contributed by atoms with Gasteiger partial charge >= 0.3 is 0 Å². The molecular formula is C6H10O2. The Balaban J connectivity index is 2.47. The van der Waals surface area contributed by atoms with E-state index in [9.17, 15) is 0 Å². The molecule has 2 nitrogen and oxygen atoms in total. The Morgan fingerprint density at radius 2 is 2.50 bits per heavy atom. The van der Waals surface area contributed by atoms with E-state index in [0.717, 1.165) is 0 Å². The van der Waals surface area contributed by atoms with Crippen LogP contribution in [0.2, 0.25) is 0 Å². The Morgan fingerprint density at radius 1 is 1.75 bits per heavy atom. The number of hydrogen-bond acceptors (Lipinski definition) is 2. The molecule has 0 unspecified atom stereocenters. The van der Waals surface area contributed by atoms with Crippen molar-refractivity contribution in [3.05, 3.63) is 12.2 Å². The minimum atomic E-state index is -0.399. The Kier molecular flexibility index (Phi) is 1.65. The highest BCUT2D eigenvalue weighted by Gasteiger charge is 2.13. The van der Waals surface area contributed by atoms with Crippen molar-refractivity contribution in [1.29, 1.82) is 0 Å². The van der Waals surface area contributed by atoms with Gasteiger partial charge in [0.15, 0.2) is 0 Å². The van der Waals surface area contributed by atoms with Gasteiger partial charge in [0.05, 0.1) is 18.8 Å². The first kappa shape index (κ1) is 5.79. The highest BCUT2D eigenvalue weighted by molar-refractivity contribution is 4.95. The van der Waals surface area contributed by atoms with Crippen LogP contribution in [0.3, 0.4) is 0 Å². The Hall–Kier alpha value is -0.340. The van der Waals surface area contributed by atoms with E-state index < -0.39 is 6.10 Å². The van der Waals surface area contributed by atoms with Gasteiger partial charge in [-0.1, -0.05) is 12.2 Å². The van der Waals surface area contributed by atoms with E-state index in [1.165, 1.54) is 0 Å². The first-order valence-electron chi connectivity index (χ1n) is 2.77. The average Bonchev–Trinajstić information content (AvgIpc) is 1.77. The fourth-order valence-electron chi connectivity index (χ4n) is 0.657. The van der Waals surface area contributed by atoms with Crippen LogP contribution < -0.4 is 0 Å². The van der Waals surface area contributed by atoms with Gasteiger partial charge in [-0.25, -0.2) is 0 Å². The molecule has 46 valence electrons. The molecule has 0 spiro atoms. The van der Waals surface area contributed by atoms with E-state index in [1.54, 1.807) is 6.08 Å². The van der Waals surface area contributed by atoms with Gasteiger partial charge in [0.25, 0.3) is 0 Å². The van der Waals surface area contributed by atoms with E-state index in [0.29, 0.717) is 6.61 Å². The molecule has 0 aromatic heterocycles. The summed E-state index contributed by atoms with van der Waals surface area (Å²) in [5, 5.41) is 8.97. The molecule has 0 radical (unpaired) electrons. The van der Waals surface area contributed by atoms with Crippen LogP contribution in [0.25, 0.3) is 0 Å². The smallest absolute Gasteiger partial charge is 0.0980 e. The van der Waals surface area contributed by atoms with Crippen molar-refractivity contribution in [2.75, 3.05) is 6.61 Å². The van der Waals surface area contributed by atoms with Crippen LogP contribution in [0.1, 0.15) is 6.92 Å². The molecule has 0 amide bonds. The third kappa shape index (κ3) is 1.08. The Morgan fingerprint density at radius 3 is 2.88 bits per heavy atom. The number of rotatable bonds is 0. The molecule has 1 rings (SSSR count). The second kappa shape index (κ2) is 2.29. The molecule has 2 heteroatoms. The summed E-state index contributed by atoms with van der Waals surface area (Å²) in [6, 6.07) is 0. The lowest BCUT2D eigenvalue weighted by atomic mass is 10.2. The lowest BCUT2D eigenvalue weighted by Gasteiger charge is -2.19. The van der Waals surface area contributed by atoms with E-state index in [4.69, 9.17) is 9.84 Å². The fraction of sp³-hybridized carbons (Fsp3) is 0.667. The van der Waals surface area contributed by atoms with Gasteiger partial charge in [0.2, 0.25) is 0 Å². The van der Waals surface area contributed by atoms with Crippen molar-refractivity contribution in [3.63, 3.8) is 0 Å². The third-order valence-electron chi connectivity index (χ3n) is 1.27. The van der Waals surface area contributed by atoms with Crippen molar-refractivity contribution < 1.29 is 9.84 Å². The molecule has 0 aromatic carbocycles. The van der Waals surface area contributed by atoms with Crippen LogP contribution in [0, 0.1) is 0 Å². The molecule has 0 aromatic rings. The molecule has 0 aliphatic carbocycles. The largest absolute Gasteiger partial charge is 0.386 e. The first-order chi connectivity index (χ1) is 3.80. The first-order valence-corrected chi connectivity index (χ1v) is 2.77. The summed E-state index contributed by atoms with van der Waals surface area (Å²) in [4.78, 5) is 0. The predicted molar refractivity (Wildman–Crippen MR) is 30.6 cm³/mol. The zero-order chi connectivity index (χ0) is 5.98. The molecule has 0 saturated heterocycles. The lowest BCUT2D eigenvalue weighted by Crippen LogP contribution is -2.27. The van der Waals surface area contributed by atoms with Crippen LogP contribution in [-0.4, -0.2) is 23.9 Å². The lowest BCUT2D eigenvalue weighted by molar-refractivity contribution is -0.00354. The van der Waals surface area contributed by atoms with Gasteiger partial charge in [-0.15, -0.1) is 0 Å². The highest BCUT2D eigenvalue weighted by Crippen LogP contribution is 2.04. The van der Waals surface area contributed by atoms with E-state index in [2.05, 4.69) is 0 Å². The zero-order valence-electron chi connectivity index (χ0n) is 4.87. The second-order valence-electron chi connectivity index (χ2n) is 1.96. The van der Waals surface area contributed by atoms with Gasteiger partial charge in [-0.2, -0.15) is 0 Å². The summed E-state index contributed by atoms with van der Waals surface area (Å²) in [5.74, 6) is 0. The van der Waals surface area contributed by atoms with Gasteiger partial charge in [0.1, 0.15) is 0 Å². The molecule has 2 atom stereocenters. The molecule has 1 aliphatic rings. The summed E-state index contributed by atoms with van der Waals surface area (Å²) in [5.41, 5.74) is 0. The molecule has 1 aliphatic heterocycles. The Labute approximate surface area is 48.8 Å². The number of ether oxygens (including phenoxy) is 1. The number of aliphatic hydroxyl groups excluding tert-OH is 1. The molecule has 0 fully saturated rings. The van der Waals surface area contributed by atoms with Crippen molar-refractivity contribution in [1.82, 2.24) is 0 Å². The van der Waals surface area contributed by atoms with Crippen LogP contribution in [0.4, 0.5) is 0 Å². The molecule has 0 saturated carbocycles. The van der Waals surface area contributed by atoms with Gasteiger partial charge < -0.3 is 9.84 Å². The minimum absolute atomic E-state index is 0.0278. The maximum Gasteiger partial charge on any atom is 0.0980 e. The van der Waals surface area contributed by atoms with E-state index in [1.807, 2.05) is 13.0 Å². The summed E-state index contributed by atoms with van der Waals surface area (Å²) >= 11 is 0. The topological polar surface area (TPSA) is 29.5 Å². The summed E-state index contributed by atoms with van der Waals surface area (Å²) in [6.07, 6.45) is 3.16. The van der Waals surface area contributed by atoms with Crippen LogP contribution in [0.5, 0.6) is 0 Å². The van der Waals surface area contributed by atoms with Crippen molar-refractivity contribution >= 4 is 0 Å². The van der Waals surface area contributed by atoms with Crippen LogP contribution >= 0.6 is 0 Å². The molecule has 8 heavy (non-hydrogen) atoms. The van der Waals surface area contributed by atoms with Crippen LogP contribution in [0.15, 0.2) is 12.2 Å². The maximum absolute atomic E-state index is 8.97. The van der Waals surface area contributed by atoms with Crippen molar-refractivity contribution in [3.8, 4) is 0 Å². The Bertz CT molecular complexity index is 98.7. The van der Waals surface area contributed by atoms with Crippen molar-refractivity contribution in [2.24, 2.45) is 0 Å².